The highest BCUT2D eigenvalue weighted by atomic mass is 127. The number of rotatable bonds is 11. The SMILES string of the molecule is CCC(C)(C)CC(=O)NC(C)(C)CCCC(C)(C)CC(=O)CI. The van der Waals surface area contributed by atoms with Crippen molar-refractivity contribution < 1.29 is 9.59 Å². The Balaban J connectivity index is 4.32. The first-order chi connectivity index (χ1) is 10.3. The predicted octanol–water partition coefficient (Wildman–Crippen LogP) is 5.30. The van der Waals surface area contributed by atoms with E-state index >= 15 is 0 Å². The first kappa shape index (κ1) is 22.9. The molecule has 0 bridgehead atoms. The maximum Gasteiger partial charge on any atom is 0.220 e. The third-order valence-electron chi connectivity index (χ3n) is 4.55. The molecule has 23 heavy (non-hydrogen) atoms. The number of hydrogen-bond acceptors (Lipinski definition) is 2. The van der Waals surface area contributed by atoms with Crippen LogP contribution >= 0.6 is 22.6 Å². The molecule has 0 aliphatic heterocycles. The second-order valence-corrected chi connectivity index (χ2v) is 9.76. The predicted molar refractivity (Wildman–Crippen MR) is 107 cm³/mol. The molecule has 3 nitrogen and oxygen atoms in total. The number of halogens is 1. The number of amides is 1. The van der Waals surface area contributed by atoms with Crippen LogP contribution in [0, 0.1) is 10.8 Å². The summed E-state index contributed by atoms with van der Waals surface area (Å²) < 4.78 is 0.593. The van der Waals surface area contributed by atoms with Crippen molar-refractivity contribution in [2.24, 2.45) is 10.8 Å². The Kier molecular flexibility index (Phi) is 9.33. The van der Waals surface area contributed by atoms with Crippen molar-refractivity contribution in [1.29, 1.82) is 0 Å². The molecular weight excluding hydrogens is 401 g/mol. The van der Waals surface area contributed by atoms with Crippen LogP contribution < -0.4 is 5.32 Å². The Labute approximate surface area is 156 Å². The summed E-state index contributed by atoms with van der Waals surface area (Å²) in [6.07, 6.45) is 5.18. The van der Waals surface area contributed by atoms with Crippen molar-refractivity contribution in [2.75, 3.05) is 4.43 Å². The van der Waals surface area contributed by atoms with Crippen LogP contribution in [0.15, 0.2) is 0 Å². The van der Waals surface area contributed by atoms with Gasteiger partial charge in [0, 0.05) is 18.4 Å². The van der Waals surface area contributed by atoms with Crippen molar-refractivity contribution in [3.63, 3.8) is 0 Å². The highest BCUT2D eigenvalue weighted by molar-refractivity contribution is 14.1. The van der Waals surface area contributed by atoms with E-state index in [9.17, 15) is 9.59 Å². The molecule has 0 aromatic carbocycles. The van der Waals surface area contributed by atoms with Crippen LogP contribution in [-0.2, 0) is 9.59 Å². The fraction of sp³-hybridized carbons (Fsp3) is 0.895. The summed E-state index contributed by atoms with van der Waals surface area (Å²) in [5.41, 5.74) is -0.0846. The molecule has 0 aromatic rings. The van der Waals surface area contributed by atoms with Gasteiger partial charge in [0.25, 0.3) is 0 Å². The van der Waals surface area contributed by atoms with Gasteiger partial charge in [0.05, 0.1) is 4.43 Å². The minimum Gasteiger partial charge on any atom is -0.351 e. The average molecular weight is 437 g/mol. The standard InChI is InChI=1S/C19H36INO2/c1-8-17(2,3)13-16(23)21-19(6,7)11-9-10-18(4,5)12-15(22)14-20/h8-14H2,1-7H3,(H,21,23). The molecule has 0 aliphatic rings. The van der Waals surface area contributed by atoms with Crippen molar-refractivity contribution in [1.82, 2.24) is 5.32 Å². The molecule has 0 saturated heterocycles. The van der Waals surface area contributed by atoms with Gasteiger partial charge in [-0.3, -0.25) is 9.59 Å². The summed E-state index contributed by atoms with van der Waals surface area (Å²) in [6, 6.07) is 0. The van der Waals surface area contributed by atoms with E-state index in [1.807, 2.05) is 0 Å². The Morgan fingerprint density at radius 3 is 1.96 bits per heavy atom. The minimum atomic E-state index is -0.190. The molecule has 0 saturated carbocycles. The van der Waals surface area contributed by atoms with Crippen molar-refractivity contribution in [2.45, 2.75) is 92.5 Å². The lowest BCUT2D eigenvalue weighted by Crippen LogP contribution is -2.44. The molecule has 136 valence electrons. The lowest BCUT2D eigenvalue weighted by atomic mass is 9.81. The number of carbonyl (C=O) groups excluding carboxylic acids is 2. The van der Waals surface area contributed by atoms with Gasteiger partial charge in [0.15, 0.2) is 0 Å². The zero-order valence-corrected chi connectivity index (χ0v) is 18.3. The quantitative estimate of drug-likeness (QED) is 0.352. The van der Waals surface area contributed by atoms with Crippen LogP contribution in [0.3, 0.4) is 0 Å². The van der Waals surface area contributed by atoms with Gasteiger partial charge >= 0.3 is 0 Å². The van der Waals surface area contributed by atoms with E-state index in [1.165, 1.54) is 0 Å². The number of hydrogen-bond donors (Lipinski definition) is 1. The molecule has 0 aliphatic carbocycles. The van der Waals surface area contributed by atoms with Crippen LogP contribution in [0.4, 0.5) is 0 Å². The van der Waals surface area contributed by atoms with Crippen LogP contribution in [0.25, 0.3) is 0 Å². The van der Waals surface area contributed by atoms with Crippen LogP contribution in [0.5, 0.6) is 0 Å². The van der Waals surface area contributed by atoms with Gasteiger partial charge in [-0.15, -0.1) is 0 Å². The van der Waals surface area contributed by atoms with Gasteiger partial charge in [-0.05, 0) is 37.5 Å². The highest BCUT2D eigenvalue weighted by Crippen LogP contribution is 2.30. The van der Waals surface area contributed by atoms with E-state index in [1.54, 1.807) is 0 Å². The topological polar surface area (TPSA) is 46.2 Å². The molecular formula is C19H36INO2. The van der Waals surface area contributed by atoms with Gasteiger partial charge < -0.3 is 5.32 Å². The lowest BCUT2D eigenvalue weighted by molar-refractivity contribution is -0.124. The zero-order valence-electron chi connectivity index (χ0n) is 16.1. The van der Waals surface area contributed by atoms with E-state index in [0.717, 1.165) is 25.7 Å². The van der Waals surface area contributed by atoms with E-state index in [0.29, 0.717) is 23.1 Å². The lowest BCUT2D eigenvalue weighted by Gasteiger charge is -2.31. The van der Waals surface area contributed by atoms with Gasteiger partial charge in [0.1, 0.15) is 5.78 Å². The fourth-order valence-corrected chi connectivity index (χ4v) is 2.99. The molecule has 0 rings (SSSR count). The molecule has 1 N–H and O–H groups in total. The maximum atomic E-state index is 12.2. The molecule has 0 fully saturated rings. The second kappa shape index (κ2) is 9.38. The summed E-state index contributed by atoms with van der Waals surface area (Å²) in [5, 5.41) is 3.18. The summed E-state index contributed by atoms with van der Waals surface area (Å²) >= 11 is 2.13. The summed E-state index contributed by atoms with van der Waals surface area (Å²) in [7, 11) is 0. The molecule has 4 heteroatoms. The van der Waals surface area contributed by atoms with Crippen LogP contribution in [-0.4, -0.2) is 21.7 Å². The number of carbonyl (C=O) groups is 2. The molecule has 0 unspecified atom stereocenters. The van der Waals surface area contributed by atoms with Gasteiger partial charge in [0.2, 0.25) is 5.91 Å². The van der Waals surface area contributed by atoms with E-state index in [-0.39, 0.29) is 22.3 Å². The smallest absolute Gasteiger partial charge is 0.220 e. The fourth-order valence-electron chi connectivity index (χ4n) is 2.72. The highest BCUT2D eigenvalue weighted by Gasteiger charge is 2.27. The van der Waals surface area contributed by atoms with E-state index in [4.69, 9.17) is 0 Å². The Bertz CT molecular complexity index is 400. The van der Waals surface area contributed by atoms with Gasteiger partial charge in [-0.25, -0.2) is 0 Å². The largest absolute Gasteiger partial charge is 0.351 e. The number of ketones is 1. The first-order valence-electron chi connectivity index (χ1n) is 8.71. The van der Waals surface area contributed by atoms with E-state index in [2.05, 4.69) is 76.4 Å². The molecule has 0 spiro atoms. The van der Waals surface area contributed by atoms with Gasteiger partial charge in [-0.2, -0.15) is 0 Å². The summed E-state index contributed by atoms with van der Waals surface area (Å²) in [6.45, 7) is 14.9. The van der Waals surface area contributed by atoms with E-state index < -0.39 is 0 Å². The van der Waals surface area contributed by atoms with Crippen LogP contribution in [0.1, 0.15) is 87.0 Å². The van der Waals surface area contributed by atoms with Gasteiger partial charge in [-0.1, -0.05) is 70.1 Å². The average Bonchev–Trinajstić information content (AvgIpc) is 2.35. The van der Waals surface area contributed by atoms with Crippen LogP contribution in [0.2, 0.25) is 0 Å². The Morgan fingerprint density at radius 1 is 0.913 bits per heavy atom. The molecule has 0 atom stereocenters. The van der Waals surface area contributed by atoms with Crippen molar-refractivity contribution >= 4 is 34.3 Å². The summed E-state index contributed by atoms with van der Waals surface area (Å²) in [5.74, 6) is 0.464. The van der Waals surface area contributed by atoms with Crippen molar-refractivity contribution in [3.8, 4) is 0 Å². The zero-order chi connectivity index (χ0) is 18.3. The monoisotopic (exact) mass is 437 g/mol. The molecule has 0 heterocycles. The number of nitrogens with one attached hydrogen (secondary N) is 1. The second-order valence-electron chi connectivity index (χ2n) is 8.99. The minimum absolute atomic E-state index is 0.0482. The third kappa shape index (κ3) is 11.1. The third-order valence-corrected chi connectivity index (χ3v) is 5.40. The summed E-state index contributed by atoms with van der Waals surface area (Å²) in [4.78, 5) is 23.9. The molecule has 0 aromatic heterocycles. The normalized spacial score (nSPS) is 13.0. The maximum absolute atomic E-state index is 12.2. The molecule has 0 radical (unpaired) electrons. The van der Waals surface area contributed by atoms with Crippen molar-refractivity contribution in [3.05, 3.63) is 0 Å². The number of alkyl halides is 1. The number of Topliss-reactive ketones (excluding diaryl/α,β-unsaturated/α-hetero) is 1. The Hall–Kier alpha value is -0.130. The molecule has 1 amide bonds. The Morgan fingerprint density at radius 2 is 1.48 bits per heavy atom. The first-order valence-corrected chi connectivity index (χ1v) is 10.2.